The normalized spacial score (nSPS) is 18.3. The van der Waals surface area contributed by atoms with Gasteiger partial charge in [-0.15, -0.1) is 0 Å². The number of benzene rings is 1. The summed E-state index contributed by atoms with van der Waals surface area (Å²) < 4.78 is 6.50. The van der Waals surface area contributed by atoms with E-state index in [0.717, 1.165) is 35.7 Å². The molecule has 1 aliphatic heterocycles. The zero-order valence-electron chi connectivity index (χ0n) is 11.7. The Morgan fingerprint density at radius 1 is 1.42 bits per heavy atom. The third-order valence-electron chi connectivity index (χ3n) is 3.79. The number of rotatable bonds is 4. The van der Waals surface area contributed by atoms with Gasteiger partial charge in [-0.25, -0.2) is 0 Å². The fourth-order valence-electron chi connectivity index (χ4n) is 2.54. The van der Waals surface area contributed by atoms with Crippen LogP contribution in [0.2, 0.25) is 0 Å². The molecule has 106 valence electrons. The molecule has 3 nitrogen and oxygen atoms in total. The van der Waals surface area contributed by atoms with E-state index in [1.165, 1.54) is 18.5 Å². The molecule has 2 N–H and O–H groups in total. The smallest absolute Gasteiger partial charge is 0.0469 e. The predicted octanol–water partition coefficient (Wildman–Crippen LogP) is 3.33. The minimum Gasteiger partial charge on any atom is -0.381 e. The first-order valence-electron chi connectivity index (χ1n) is 6.92. The van der Waals surface area contributed by atoms with Crippen molar-refractivity contribution in [2.75, 3.05) is 31.7 Å². The van der Waals surface area contributed by atoms with Crippen LogP contribution >= 0.6 is 15.9 Å². The number of ether oxygens (including phenoxy) is 1. The first kappa shape index (κ1) is 14.8. The van der Waals surface area contributed by atoms with E-state index >= 15 is 0 Å². The number of hydrogen-bond acceptors (Lipinski definition) is 3. The van der Waals surface area contributed by atoms with Crippen molar-refractivity contribution in [3.63, 3.8) is 0 Å². The molecular formula is C15H23BrN2O. The Hall–Kier alpha value is -0.580. The van der Waals surface area contributed by atoms with Crippen molar-refractivity contribution >= 4 is 21.6 Å². The molecule has 0 saturated carbocycles. The molecule has 1 fully saturated rings. The van der Waals surface area contributed by atoms with Gasteiger partial charge in [0.25, 0.3) is 0 Å². The minimum atomic E-state index is 0.0595. The summed E-state index contributed by atoms with van der Waals surface area (Å²) in [6, 6.07) is 6.50. The van der Waals surface area contributed by atoms with E-state index in [4.69, 9.17) is 10.5 Å². The van der Waals surface area contributed by atoms with E-state index in [0.29, 0.717) is 0 Å². The van der Waals surface area contributed by atoms with Crippen LogP contribution < -0.4 is 10.6 Å². The molecule has 1 aromatic rings. The molecular weight excluding hydrogens is 304 g/mol. The molecule has 0 aliphatic carbocycles. The number of hydrogen-bond donors (Lipinski definition) is 1. The van der Waals surface area contributed by atoms with Gasteiger partial charge in [0.2, 0.25) is 0 Å². The maximum absolute atomic E-state index is 5.93. The van der Waals surface area contributed by atoms with Crippen LogP contribution in [0.4, 0.5) is 5.69 Å². The van der Waals surface area contributed by atoms with Crippen molar-refractivity contribution in [1.29, 1.82) is 0 Å². The molecule has 0 unspecified atom stereocenters. The van der Waals surface area contributed by atoms with Crippen LogP contribution in [-0.4, -0.2) is 26.8 Å². The molecule has 2 rings (SSSR count). The van der Waals surface area contributed by atoms with Gasteiger partial charge in [-0.05, 0) is 43.4 Å². The summed E-state index contributed by atoms with van der Waals surface area (Å²) >= 11 is 3.61. The molecule has 0 radical (unpaired) electrons. The standard InChI is InChI=1S/C15H23BrN2O/c1-11(17)14-4-3-13(9-15(14)16)18(2)10-12-5-7-19-8-6-12/h3-4,9,11-12H,5-8,10,17H2,1-2H3/t11-/m1/s1. The molecule has 0 aromatic heterocycles. The minimum absolute atomic E-state index is 0.0595. The number of halogens is 1. The molecule has 0 bridgehead atoms. The fourth-order valence-corrected chi connectivity index (χ4v) is 3.27. The largest absolute Gasteiger partial charge is 0.381 e. The van der Waals surface area contributed by atoms with Crippen molar-refractivity contribution in [2.24, 2.45) is 11.7 Å². The third kappa shape index (κ3) is 3.94. The van der Waals surface area contributed by atoms with E-state index < -0.39 is 0 Å². The van der Waals surface area contributed by atoms with Crippen LogP contribution in [0, 0.1) is 5.92 Å². The van der Waals surface area contributed by atoms with E-state index in [9.17, 15) is 0 Å². The highest BCUT2D eigenvalue weighted by Gasteiger charge is 2.16. The van der Waals surface area contributed by atoms with Gasteiger partial charge in [-0.3, -0.25) is 0 Å². The molecule has 1 heterocycles. The van der Waals surface area contributed by atoms with Crippen LogP contribution in [0.3, 0.4) is 0 Å². The summed E-state index contributed by atoms with van der Waals surface area (Å²) in [5, 5.41) is 0. The zero-order valence-corrected chi connectivity index (χ0v) is 13.3. The molecule has 1 saturated heterocycles. The molecule has 4 heteroatoms. The Balaban J connectivity index is 2.02. The van der Waals surface area contributed by atoms with Crippen LogP contribution in [0.25, 0.3) is 0 Å². The van der Waals surface area contributed by atoms with Gasteiger partial charge in [0.05, 0.1) is 0 Å². The number of nitrogens with zero attached hydrogens (tertiary/aromatic N) is 1. The summed E-state index contributed by atoms with van der Waals surface area (Å²) in [7, 11) is 2.16. The lowest BCUT2D eigenvalue weighted by Gasteiger charge is -2.28. The molecule has 1 aromatic carbocycles. The molecule has 19 heavy (non-hydrogen) atoms. The van der Waals surface area contributed by atoms with E-state index in [-0.39, 0.29) is 6.04 Å². The fraction of sp³-hybridized carbons (Fsp3) is 0.600. The summed E-state index contributed by atoms with van der Waals surface area (Å²) in [5.41, 5.74) is 8.33. The average Bonchev–Trinajstić information content (AvgIpc) is 2.39. The van der Waals surface area contributed by atoms with Gasteiger partial charge in [-0.1, -0.05) is 22.0 Å². The predicted molar refractivity (Wildman–Crippen MR) is 83.6 cm³/mol. The monoisotopic (exact) mass is 326 g/mol. The van der Waals surface area contributed by atoms with Gasteiger partial charge in [0, 0.05) is 43.0 Å². The lowest BCUT2D eigenvalue weighted by molar-refractivity contribution is 0.0685. The second-order valence-corrected chi connectivity index (χ2v) is 6.29. The van der Waals surface area contributed by atoms with Crippen molar-refractivity contribution in [3.05, 3.63) is 28.2 Å². The molecule has 1 aliphatic rings. The van der Waals surface area contributed by atoms with Gasteiger partial charge < -0.3 is 15.4 Å². The molecule has 0 spiro atoms. The number of anilines is 1. The summed E-state index contributed by atoms with van der Waals surface area (Å²) in [5.74, 6) is 0.741. The van der Waals surface area contributed by atoms with Crippen molar-refractivity contribution in [3.8, 4) is 0 Å². The van der Waals surface area contributed by atoms with Crippen LogP contribution in [-0.2, 0) is 4.74 Å². The second-order valence-electron chi connectivity index (χ2n) is 5.43. The highest BCUT2D eigenvalue weighted by Crippen LogP contribution is 2.28. The Kier molecular flexibility index (Phi) is 5.25. The third-order valence-corrected chi connectivity index (χ3v) is 4.48. The quantitative estimate of drug-likeness (QED) is 0.922. The SMILES string of the molecule is C[C@@H](N)c1ccc(N(C)CC2CCOCC2)cc1Br. The van der Waals surface area contributed by atoms with Gasteiger partial charge >= 0.3 is 0 Å². The Morgan fingerprint density at radius 3 is 2.68 bits per heavy atom. The van der Waals surface area contributed by atoms with E-state index in [1.54, 1.807) is 0 Å². The summed E-state index contributed by atoms with van der Waals surface area (Å²) in [6.45, 7) is 4.91. The highest BCUT2D eigenvalue weighted by atomic mass is 79.9. The number of nitrogens with two attached hydrogens (primary N) is 1. The first-order valence-corrected chi connectivity index (χ1v) is 7.71. The van der Waals surface area contributed by atoms with E-state index in [2.05, 4.69) is 46.1 Å². The molecule has 0 amide bonds. The molecule has 1 atom stereocenters. The topological polar surface area (TPSA) is 38.5 Å². The van der Waals surface area contributed by atoms with Crippen molar-refractivity contribution in [2.45, 2.75) is 25.8 Å². The maximum Gasteiger partial charge on any atom is 0.0469 e. The van der Waals surface area contributed by atoms with Crippen molar-refractivity contribution in [1.82, 2.24) is 0 Å². The second kappa shape index (κ2) is 6.73. The van der Waals surface area contributed by atoms with Gasteiger partial charge in [-0.2, -0.15) is 0 Å². The van der Waals surface area contributed by atoms with Gasteiger partial charge in [0.1, 0.15) is 0 Å². The first-order chi connectivity index (χ1) is 9.08. The zero-order chi connectivity index (χ0) is 13.8. The van der Waals surface area contributed by atoms with E-state index in [1.807, 2.05) is 6.92 Å². The lowest BCUT2D eigenvalue weighted by Crippen LogP contribution is -2.29. The Labute approximate surface area is 124 Å². The summed E-state index contributed by atoms with van der Waals surface area (Å²) in [6.07, 6.45) is 2.34. The van der Waals surface area contributed by atoms with Gasteiger partial charge in [0.15, 0.2) is 0 Å². The lowest BCUT2D eigenvalue weighted by atomic mass is 9.99. The Morgan fingerprint density at radius 2 is 2.11 bits per heavy atom. The van der Waals surface area contributed by atoms with Crippen molar-refractivity contribution < 1.29 is 4.74 Å². The average molecular weight is 327 g/mol. The maximum atomic E-state index is 5.93. The Bertz CT molecular complexity index is 417. The van der Waals surface area contributed by atoms with Crippen LogP contribution in [0.5, 0.6) is 0 Å². The van der Waals surface area contributed by atoms with Crippen LogP contribution in [0.15, 0.2) is 22.7 Å². The highest BCUT2D eigenvalue weighted by molar-refractivity contribution is 9.10. The summed E-state index contributed by atoms with van der Waals surface area (Å²) in [4.78, 5) is 2.33. The van der Waals surface area contributed by atoms with Crippen LogP contribution in [0.1, 0.15) is 31.4 Å².